The van der Waals surface area contributed by atoms with Gasteiger partial charge in [0.05, 0.1) is 17.5 Å². The fourth-order valence-corrected chi connectivity index (χ4v) is 5.24. The summed E-state index contributed by atoms with van der Waals surface area (Å²) in [5, 5.41) is 7.78. The summed E-state index contributed by atoms with van der Waals surface area (Å²) < 4.78 is 3.24. The van der Waals surface area contributed by atoms with Crippen molar-refractivity contribution in [3.63, 3.8) is 0 Å². The number of aromatic nitrogens is 2. The topological polar surface area (TPSA) is 46.9 Å². The number of nitrogens with one attached hydrogen (secondary N) is 1. The van der Waals surface area contributed by atoms with Crippen LogP contribution in [0.25, 0.3) is 5.69 Å². The summed E-state index contributed by atoms with van der Waals surface area (Å²) in [6, 6.07) is 18.4. The Kier molecular flexibility index (Phi) is 5.94. The first-order valence-corrected chi connectivity index (χ1v) is 11.5. The van der Waals surface area contributed by atoms with Crippen molar-refractivity contribution >= 4 is 41.2 Å². The van der Waals surface area contributed by atoms with Crippen molar-refractivity contribution in [3.8, 4) is 5.69 Å². The monoisotopic (exact) mass is 427 g/mol. The molecule has 0 aliphatic heterocycles. The number of hydrogen-bond donors (Lipinski definition) is 1. The zero-order chi connectivity index (χ0) is 19.5. The first-order valence-electron chi connectivity index (χ1n) is 9.24. The molecule has 1 heterocycles. The van der Waals surface area contributed by atoms with Gasteiger partial charge in [-0.05, 0) is 55.6 Å². The number of hydrogen-bond acceptors (Lipinski definition) is 5. The molecule has 0 bridgehead atoms. The van der Waals surface area contributed by atoms with Crippen molar-refractivity contribution in [2.45, 2.75) is 30.1 Å². The Morgan fingerprint density at radius 3 is 2.64 bits per heavy atom. The van der Waals surface area contributed by atoms with Gasteiger partial charge in [0.25, 0.3) is 0 Å². The van der Waals surface area contributed by atoms with Crippen LogP contribution in [-0.4, -0.2) is 21.4 Å². The summed E-state index contributed by atoms with van der Waals surface area (Å²) in [6.07, 6.45) is 2.35. The van der Waals surface area contributed by atoms with Crippen LogP contribution in [0.5, 0.6) is 0 Å². The second-order valence-corrected chi connectivity index (χ2v) is 9.81. The summed E-state index contributed by atoms with van der Waals surface area (Å²) in [4.78, 5) is 12.6. The Bertz CT molecular complexity index is 1010. The average Bonchev–Trinajstić information content (AvgIpc) is 3.48. The Morgan fingerprint density at radius 2 is 1.96 bits per heavy atom. The number of benzene rings is 2. The third kappa shape index (κ3) is 4.71. The Hall–Kier alpha value is -1.96. The second-order valence-electron chi connectivity index (χ2n) is 6.96. The van der Waals surface area contributed by atoms with E-state index in [1.807, 2.05) is 30.3 Å². The van der Waals surface area contributed by atoms with E-state index in [2.05, 4.69) is 41.6 Å². The summed E-state index contributed by atoms with van der Waals surface area (Å²) in [6.45, 7) is 2.08. The van der Waals surface area contributed by atoms with Gasteiger partial charge in [-0.25, -0.2) is 4.68 Å². The standard InChI is InChI=1S/C21H21N3OS3/c1-14-7-9-15(10-8-14)19(16-11-12-16)22-18(25)13-27-20-23-24(21(26)28-20)17-5-3-2-4-6-17/h2-10,16,19H,11-13H2,1H3,(H,22,25). The van der Waals surface area contributed by atoms with Crippen molar-refractivity contribution in [3.05, 3.63) is 69.7 Å². The fourth-order valence-electron chi connectivity index (χ4n) is 3.07. The Morgan fingerprint density at radius 1 is 1.25 bits per heavy atom. The molecule has 1 aliphatic rings. The molecular weight excluding hydrogens is 406 g/mol. The van der Waals surface area contributed by atoms with Gasteiger partial charge < -0.3 is 5.32 Å². The van der Waals surface area contributed by atoms with Gasteiger partial charge in [-0.1, -0.05) is 71.1 Å². The maximum atomic E-state index is 12.6. The Labute approximate surface area is 178 Å². The quantitative estimate of drug-likeness (QED) is 0.409. The van der Waals surface area contributed by atoms with E-state index in [4.69, 9.17) is 12.2 Å². The van der Waals surface area contributed by atoms with Crippen LogP contribution in [0.15, 0.2) is 58.9 Å². The van der Waals surface area contributed by atoms with Gasteiger partial charge in [-0.3, -0.25) is 4.79 Å². The molecule has 144 valence electrons. The molecule has 1 fully saturated rings. The van der Waals surface area contributed by atoms with E-state index in [0.29, 0.717) is 15.6 Å². The predicted molar refractivity (Wildman–Crippen MR) is 118 cm³/mol. The van der Waals surface area contributed by atoms with Crippen LogP contribution in [0.3, 0.4) is 0 Å². The first kappa shape index (κ1) is 19.4. The van der Waals surface area contributed by atoms with Gasteiger partial charge in [0.1, 0.15) is 0 Å². The lowest BCUT2D eigenvalue weighted by Gasteiger charge is -2.19. The van der Waals surface area contributed by atoms with Crippen LogP contribution >= 0.6 is 35.3 Å². The van der Waals surface area contributed by atoms with Crippen molar-refractivity contribution in [1.29, 1.82) is 0 Å². The maximum absolute atomic E-state index is 12.6. The van der Waals surface area contributed by atoms with Crippen LogP contribution < -0.4 is 5.32 Å². The molecule has 1 N–H and O–H groups in total. The number of nitrogens with zero attached hydrogens (tertiary/aromatic N) is 2. The molecule has 2 aromatic carbocycles. The van der Waals surface area contributed by atoms with Gasteiger partial charge in [-0.2, -0.15) is 0 Å². The Balaban J connectivity index is 1.39. The maximum Gasteiger partial charge on any atom is 0.230 e. The van der Waals surface area contributed by atoms with Gasteiger partial charge >= 0.3 is 0 Å². The highest BCUT2D eigenvalue weighted by atomic mass is 32.2. The zero-order valence-corrected chi connectivity index (χ0v) is 17.9. The third-order valence-electron chi connectivity index (χ3n) is 4.70. The van der Waals surface area contributed by atoms with Crippen LogP contribution in [0.1, 0.15) is 30.0 Å². The number of carbonyl (C=O) groups excluding carboxylic acids is 1. The number of carbonyl (C=O) groups is 1. The molecule has 28 heavy (non-hydrogen) atoms. The highest BCUT2D eigenvalue weighted by Gasteiger charge is 2.33. The van der Waals surface area contributed by atoms with Gasteiger partial charge in [0.15, 0.2) is 8.29 Å². The molecule has 1 aliphatic carbocycles. The minimum absolute atomic E-state index is 0.0369. The largest absolute Gasteiger partial charge is 0.348 e. The predicted octanol–water partition coefficient (Wildman–Crippen LogP) is 5.33. The molecule has 4 rings (SSSR count). The molecule has 0 saturated heterocycles. The minimum Gasteiger partial charge on any atom is -0.348 e. The number of aryl methyl sites for hydroxylation is 1. The number of thioether (sulfide) groups is 1. The number of para-hydroxylation sites is 1. The fraction of sp³-hybridized carbons (Fsp3) is 0.286. The second kappa shape index (κ2) is 8.59. The molecule has 7 heteroatoms. The lowest BCUT2D eigenvalue weighted by molar-refractivity contribution is -0.119. The average molecular weight is 428 g/mol. The molecular formula is C21H21N3OS3. The van der Waals surface area contributed by atoms with Crippen LogP contribution in [-0.2, 0) is 4.79 Å². The summed E-state index contributed by atoms with van der Waals surface area (Å²) in [7, 11) is 0. The minimum atomic E-state index is 0.0369. The third-order valence-corrected chi connectivity index (χ3v) is 7.07. The van der Waals surface area contributed by atoms with E-state index in [-0.39, 0.29) is 11.9 Å². The highest BCUT2D eigenvalue weighted by molar-refractivity contribution is 8.01. The van der Waals surface area contributed by atoms with Crippen LogP contribution in [0.4, 0.5) is 0 Å². The molecule has 1 amide bonds. The summed E-state index contributed by atoms with van der Waals surface area (Å²) in [5.41, 5.74) is 3.36. The summed E-state index contributed by atoms with van der Waals surface area (Å²) in [5.74, 6) is 0.928. The van der Waals surface area contributed by atoms with Crippen molar-refractivity contribution in [1.82, 2.24) is 15.1 Å². The van der Waals surface area contributed by atoms with Crippen LogP contribution in [0, 0.1) is 16.8 Å². The smallest absolute Gasteiger partial charge is 0.230 e. The lowest BCUT2D eigenvalue weighted by Crippen LogP contribution is -2.31. The number of rotatable bonds is 7. The van der Waals surface area contributed by atoms with E-state index in [9.17, 15) is 4.79 Å². The van der Waals surface area contributed by atoms with Crippen molar-refractivity contribution in [2.24, 2.45) is 5.92 Å². The van der Waals surface area contributed by atoms with Crippen LogP contribution in [0.2, 0.25) is 0 Å². The molecule has 1 atom stereocenters. The van der Waals surface area contributed by atoms with Gasteiger partial charge in [-0.15, -0.1) is 5.10 Å². The molecule has 1 unspecified atom stereocenters. The van der Waals surface area contributed by atoms with Crippen molar-refractivity contribution in [2.75, 3.05) is 5.75 Å². The lowest BCUT2D eigenvalue weighted by atomic mass is 10.0. The molecule has 0 spiro atoms. The van der Waals surface area contributed by atoms with Gasteiger partial charge in [0, 0.05) is 0 Å². The highest BCUT2D eigenvalue weighted by Crippen LogP contribution is 2.41. The van der Waals surface area contributed by atoms with Gasteiger partial charge in [0.2, 0.25) is 5.91 Å². The number of amides is 1. The zero-order valence-electron chi connectivity index (χ0n) is 15.5. The SMILES string of the molecule is Cc1ccc(C(NC(=O)CSc2nn(-c3ccccc3)c(=S)s2)C2CC2)cc1. The molecule has 1 saturated carbocycles. The molecule has 4 nitrogen and oxygen atoms in total. The van der Waals surface area contributed by atoms with E-state index in [1.54, 1.807) is 4.68 Å². The van der Waals surface area contributed by atoms with E-state index in [1.165, 1.54) is 47.1 Å². The molecule has 1 aromatic heterocycles. The van der Waals surface area contributed by atoms with E-state index < -0.39 is 0 Å². The van der Waals surface area contributed by atoms with E-state index in [0.717, 1.165) is 10.0 Å². The van der Waals surface area contributed by atoms with Crippen molar-refractivity contribution < 1.29 is 4.79 Å². The molecule has 0 radical (unpaired) electrons. The van der Waals surface area contributed by atoms with E-state index >= 15 is 0 Å². The summed E-state index contributed by atoms with van der Waals surface area (Å²) >= 11 is 8.30. The molecule has 3 aromatic rings. The normalized spacial score (nSPS) is 14.6. The first-order chi connectivity index (χ1) is 13.6.